The lowest BCUT2D eigenvalue weighted by molar-refractivity contribution is 0.535. The third-order valence-corrected chi connectivity index (χ3v) is 6.51. The van der Waals surface area contributed by atoms with Crippen LogP contribution in [0.3, 0.4) is 0 Å². The molecule has 6 nitrogen and oxygen atoms in total. The van der Waals surface area contributed by atoms with E-state index < -0.39 is 30.4 Å². The van der Waals surface area contributed by atoms with E-state index in [1.807, 2.05) is 0 Å². The van der Waals surface area contributed by atoms with Crippen LogP contribution in [0.4, 0.5) is 0 Å². The molecule has 16 heavy (non-hydrogen) atoms. The van der Waals surface area contributed by atoms with Crippen LogP contribution in [0.2, 0.25) is 0 Å². The maximum atomic E-state index is 11.6. The average Bonchev–Trinajstić information content (AvgIpc) is 2.15. The quantitative estimate of drug-likeness (QED) is 0.662. The molecular formula is C8H18N2O4S2. The fraction of sp³-hybridized carbons (Fsp3) is 1.00. The van der Waals surface area contributed by atoms with Gasteiger partial charge in [0.05, 0.1) is 16.3 Å². The van der Waals surface area contributed by atoms with Crippen molar-refractivity contribution in [2.75, 3.05) is 25.4 Å². The van der Waals surface area contributed by atoms with Crippen LogP contribution in [0.25, 0.3) is 0 Å². The minimum Gasteiger partial charge on any atom is -0.314 e. The molecule has 1 saturated heterocycles. The molecule has 96 valence electrons. The lowest BCUT2D eigenvalue weighted by Gasteiger charge is -2.23. The van der Waals surface area contributed by atoms with Gasteiger partial charge >= 0.3 is 0 Å². The van der Waals surface area contributed by atoms with E-state index in [1.54, 1.807) is 13.8 Å². The Bertz CT molecular complexity index is 427. The summed E-state index contributed by atoms with van der Waals surface area (Å²) >= 11 is 0. The van der Waals surface area contributed by atoms with Crippen molar-refractivity contribution in [1.82, 2.24) is 10.0 Å². The highest BCUT2D eigenvalue weighted by atomic mass is 32.2. The monoisotopic (exact) mass is 270 g/mol. The van der Waals surface area contributed by atoms with E-state index in [0.29, 0.717) is 13.1 Å². The lowest BCUT2D eigenvalue weighted by Crippen LogP contribution is -2.50. The van der Waals surface area contributed by atoms with E-state index in [0.717, 1.165) is 0 Å². The van der Waals surface area contributed by atoms with Crippen molar-refractivity contribution in [3.63, 3.8) is 0 Å². The summed E-state index contributed by atoms with van der Waals surface area (Å²) in [7, 11) is -6.55. The van der Waals surface area contributed by atoms with Crippen molar-refractivity contribution < 1.29 is 16.8 Å². The zero-order chi connectivity index (χ0) is 12.4. The van der Waals surface area contributed by atoms with Gasteiger partial charge in [0.2, 0.25) is 10.0 Å². The van der Waals surface area contributed by atoms with Gasteiger partial charge in [-0.2, -0.15) is 0 Å². The van der Waals surface area contributed by atoms with Crippen molar-refractivity contribution in [2.24, 2.45) is 0 Å². The van der Waals surface area contributed by atoms with Crippen molar-refractivity contribution in [3.05, 3.63) is 0 Å². The number of sulfonamides is 1. The second-order valence-corrected chi connectivity index (χ2v) is 8.86. The second-order valence-electron chi connectivity index (χ2n) is 4.14. The Labute approximate surface area is 96.8 Å². The molecule has 1 rings (SSSR count). The Morgan fingerprint density at radius 2 is 2.06 bits per heavy atom. The summed E-state index contributed by atoms with van der Waals surface area (Å²) < 4.78 is 48.4. The van der Waals surface area contributed by atoms with Gasteiger partial charge in [-0.1, -0.05) is 0 Å². The van der Waals surface area contributed by atoms with Gasteiger partial charge in [-0.05, 0) is 13.8 Å². The van der Waals surface area contributed by atoms with Gasteiger partial charge in [0.15, 0.2) is 9.84 Å². The van der Waals surface area contributed by atoms with Crippen LogP contribution in [-0.4, -0.2) is 52.7 Å². The summed E-state index contributed by atoms with van der Waals surface area (Å²) in [5.41, 5.74) is 0. The Balaban J connectivity index is 2.62. The van der Waals surface area contributed by atoms with Crippen LogP contribution in [0, 0.1) is 0 Å². The van der Waals surface area contributed by atoms with E-state index in [4.69, 9.17) is 0 Å². The first-order chi connectivity index (χ1) is 7.26. The van der Waals surface area contributed by atoms with Gasteiger partial charge in [0.1, 0.15) is 0 Å². The minimum atomic E-state index is -3.39. The highest BCUT2D eigenvalue weighted by Crippen LogP contribution is 2.06. The van der Waals surface area contributed by atoms with Crippen LogP contribution in [0.1, 0.15) is 13.8 Å². The van der Waals surface area contributed by atoms with Gasteiger partial charge in [0.25, 0.3) is 0 Å². The van der Waals surface area contributed by atoms with E-state index in [-0.39, 0.29) is 12.3 Å². The van der Waals surface area contributed by atoms with Crippen molar-refractivity contribution in [2.45, 2.75) is 24.3 Å². The third-order valence-electron chi connectivity index (χ3n) is 2.58. The first kappa shape index (κ1) is 13.9. The van der Waals surface area contributed by atoms with Crippen molar-refractivity contribution in [3.8, 4) is 0 Å². The molecule has 0 spiro atoms. The van der Waals surface area contributed by atoms with Crippen molar-refractivity contribution >= 4 is 19.9 Å². The normalized spacial score (nSPS) is 25.8. The Morgan fingerprint density at radius 1 is 1.44 bits per heavy atom. The number of rotatable bonds is 4. The summed E-state index contributed by atoms with van der Waals surface area (Å²) in [6.07, 6.45) is 0. The largest absolute Gasteiger partial charge is 0.314 e. The molecular weight excluding hydrogens is 252 g/mol. The summed E-state index contributed by atoms with van der Waals surface area (Å²) in [5, 5.41) is 1.74. The molecule has 0 aromatic carbocycles. The van der Waals surface area contributed by atoms with Crippen LogP contribution in [0.5, 0.6) is 0 Å². The molecule has 1 fully saturated rings. The topological polar surface area (TPSA) is 92.3 Å². The average molecular weight is 270 g/mol. The fourth-order valence-electron chi connectivity index (χ4n) is 1.35. The summed E-state index contributed by atoms with van der Waals surface area (Å²) in [4.78, 5) is 0. The van der Waals surface area contributed by atoms with E-state index in [2.05, 4.69) is 10.0 Å². The molecule has 1 atom stereocenters. The number of nitrogens with one attached hydrogen (secondary N) is 2. The number of sulfone groups is 1. The first-order valence-electron chi connectivity index (χ1n) is 5.16. The lowest BCUT2D eigenvalue weighted by atomic mass is 10.4. The number of hydrogen-bond acceptors (Lipinski definition) is 5. The van der Waals surface area contributed by atoms with Crippen LogP contribution in [0.15, 0.2) is 0 Å². The molecule has 0 aliphatic carbocycles. The molecule has 2 N–H and O–H groups in total. The predicted molar refractivity (Wildman–Crippen MR) is 62.5 cm³/mol. The zero-order valence-corrected chi connectivity index (χ0v) is 11.1. The highest BCUT2D eigenvalue weighted by Gasteiger charge is 2.30. The van der Waals surface area contributed by atoms with E-state index in [1.165, 1.54) is 0 Å². The summed E-state index contributed by atoms with van der Waals surface area (Å²) in [6, 6.07) is 0. The summed E-state index contributed by atoms with van der Waals surface area (Å²) in [5.74, 6) is 0.0705. The zero-order valence-electron chi connectivity index (χ0n) is 9.43. The van der Waals surface area contributed by atoms with Crippen LogP contribution < -0.4 is 10.0 Å². The minimum absolute atomic E-state index is 0.0458. The first-order valence-corrected chi connectivity index (χ1v) is 8.42. The van der Waals surface area contributed by atoms with Crippen LogP contribution >= 0.6 is 0 Å². The maximum Gasteiger partial charge on any atom is 0.213 e. The van der Waals surface area contributed by atoms with Gasteiger partial charge in [0, 0.05) is 19.6 Å². The molecule has 0 amide bonds. The molecule has 0 bridgehead atoms. The Hall–Kier alpha value is -0.180. The smallest absolute Gasteiger partial charge is 0.213 e. The van der Waals surface area contributed by atoms with Gasteiger partial charge in [-0.15, -0.1) is 0 Å². The van der Waals surface area contributed by atoms with Crippen molar-refractivity contribution in [1.29, 1.82) is 0 Å². The number of hydrogen-bond donors (Lipinski definition) is 2. The predicted octanol–water partition coefficient (Wildman–Crippen LogP) is -1.30. The van der Waals surface area contributed by atoms with E-state index >= 15 is 0 Å². The molecule has 8 heteroatoms. The van der Waals surface area contributed by atoms with Crippen LogP contribution in [-0.2, 0) is 19.9 Å². The van der Waals surface area contributed by atoms with Gasteiger partial charge < -0.3 is 5.32 Å². The third kappa shape index (κ3) is 3.41. The summed E-state index contributed by atoms with van der Waals surface area (Å²) in [6.45, 7) is 3.81. The molecule has 0 aromatic rings. The molecule has 1 unspecified atom stereocenters. The SMILES string of the molecule is CC(C)S(=O)(=O)NCC1CNCCS1(=O)=O. The fourth-order valence-corrected chi connectivity index (χ4v) is 3.69. The molecule has 0 saturated carbocycles. The molecule has 0 radical (unpaired) electrons. The maximum absolute atomic E-state index is 11.6. The molecule has 1 aliphatic rings. The standard InChI is InChI=1S/C8H18N2O4S2/c1-7(2)16(13,14)10-6-8-5-9-3-4-15(8,11)12/h7-10H,3-6H2,1-2H3. The molecule has 1 aliphatic heterocycles. The Kier molecular flexibility index (Phi) is 4.33. The highest BCUT2D eigenvalue weighted by molar-refractivity contribution is 7.92. The Morgan fingerprint density at radius 3 is 2.56 bits per heavy atom. The molecule has 0 aromatic heterocycles. The van der Waals surface area contributed by atoms with E-state index in [9.17, 15) is 16.8 Å². The van der Waals surface area contributed by atoms with Gasteiger partial charge in [-0.25, -0.2) is 21.6 Å². The molecule has 1 heterocycles. The second kappa shape index (κ2) is 4.99. The van der Waals surface area contributed by atoms with Gasteiger partial charge in [-0.3, -0.25) is 0 Å².